The van der Waals surface area contributed by atoms with E-state index in [0.29, 0.717) is 5.56 Å². The lowest BCUT2D eigenvalue weighted by Crippen LogP contribution is -2.16. The van der Waals surface area contributed by atoms with Crippen LogP contribution in [0.25, 0.3) is 10.8 Å². The van der Waals surface area contributed by atoms with Crippen LogP contribution in [0.1, 0.15) is 24.0 Å². The highest BCUT2D eigenvalue weighted by Gasteiger charge is 2.29. The minimum Gasteiger partial charge on any atom is -0.258 e. The van der Waals surface area contributed by atoms with Crippen molar-refractivity contribution in [3.05, 3.63) is 81.9 Å². The van der Waals surface area contributed by atoms with Crippen molar-refractivity contribution in [3.63, 3.8) is 0 Å². The first-order chi connectivity index (χ1) is 11.8. The topological polar surface area (TPSA) is 103 Å². The number of nitrogens with zero attached hydrogens (tertiary/aromatic N) is 1. The fraction of sp³-hybridized carbons (Fsp3) is 0.111. The summed E-state index contributed by atoms with van der Waals surface area (Å²) in [4.78, 5) is 10.4. The first-order valence-electron chi connectivity index (χ1n) is 7.58. The first kappa shape index (κ1) is 17.1. The lowest BCUT2D eigenvalue weighted by atomic mass is 9.88. The number of benzene rings is 3. The lowest BCUT2D eigenvalue weighted by Gasteiger charge is -2.16. The SMILES string of the molecule is C[C@@H](c1cccc(S(N)(=O)=O)c1[N+](=O)[O-])c1cccc2ccccc12. The van der Waals surface area contributed by atoms with Crippen molar-refractivity contribution in [1.82, 2.24) is 0 Å². The minimum absolute atomic E-state index is 0.313. The number of nitro benzene ring substituents is 1. The highest BCUT2D eigenvalue weighted by molar-refractivity contribution is 7.89. The van der Waals surface area contributed by atoms with Crippen LogP contribution in [-0.4, -0.2) is 13.3 Å². The molecule has 0 radical (unpaired) electrons. The molecule has 25 heavy (non-hydrogen) atoms. The maximum atomic E-state index is 11.8. The van der Waals surface area contributed by atoms with Gasteiger partial charge in [0.1, 0.15) is 0 Å². The standard InChI is InChI=1S/C18H16N2O4S/c1-12(14-9-4-7-13-6-2-3-8-16(13)14)15-10-5-11-17(25(19,23)24)18(15)20(21)22/h2-12H,1H3,(H2,19,23,24)/t12-/m1/s1. The molecule has 0 unspecified atom stereocenters. The molecule has 0 aliphatic heterocycles. The molecule has 0 heterocycles. The number of hydrogen-bond donors (Lipinski definition) is 1. The summed E-state index contributed by atoms with van der Waals surface area (Å²) in [7, 11) is -4.20. The zero-order chi connectivity index (χ0) is 18.2. The van der Waals surface area contributed by atoms with Crippen LogP contribution in [0, 0.1) is 10.1 Å². The fourth-order valence-electron chi connectivity index (χ4n) is 3.11. The summed E-state index contributed by atoms with van der Waals surface area (Å²) in [6, 6.07) is 17.6. The number of nitro groups is 1. The molecule has 3 aromatic carbocycles. The van der Waals surface area contributed by atoms with Crippen LogP contribution >= 0.6 is 0 Å². The Morgan fingerprint density at radius 1 is 0.960 bits per heavy atom. The molecule has 6 nitrogen and oxygen atoms in total. The highest BCUT2D eigenvalue weighted by atomic mass is 32.2. The Hall–Kier alpha value is -2.77. The fourth-order valence-corrected chi connectivity index (χ4v) is 3.84. The number of para-hydroxylation sites is 1. The first-order valence-corrected chi connectivity index (χ1v) is 9.13. The van der Waals surface area contributed by atoms with Crippen LogP contribution in [0.4, 0.5) is 5.69 Å². The number of primary sulfonamides is 1. The summed E-state index contributed by atoms with van der Waals surface area (Å²) >= 11 is 0. The summed E-state index contributed by atoms with van der Waals surface area (Å²) in [5, 5.41) is 18.7. The normalized spacial score (nSPS) is 12.9. The van der Waals surface area contributed by atoms with Gasteiger partial charge in [0.05, 0.1) is 4.92 Å². The van der Waals surface area contributed by atoms with Crippen molar-refractivity contribution in [2.45, 2.75) is 17.7 Å². The molecule has 3 aromatic rings. The third-order valence-electron chi connectivity index (χ3n) is 4.28. The van der Waals surface area contributed by atoms with Crippen LogP contribution in [0.5, 0.6) is 0 Å². The largest absolute Gasteiger partial charge is 0.293 e. The molecule has 0 spiro atoms. The molecular weight excluding hydrogens is 340 g/mol. The second-order valence-corrected chi connectivity index (χ2v) is 7.32. The Morgan fingerprint density at radius 2 is 1.56 bits per heavy atom. The molecule has 0 saturated carbocycles. The Morgan fingerprint density at radius 3 is 2.24 bits per heavy atom. The van der Waals surface area contributed by atoms with Gasteiger partial charge < -0.3 is 0 Å². The number of sulfonamides is 1. The van der Waals surface area contributed by atoms with E-state index in [9.17, 15) is 18.5 Å². The molecule has 0 aromatic heterocycles. The van der Waals surface area contributed by atoms with Gasteiger partial charge in [-0.25, -0.2) is 13.6 Å². The van der Waals surface area contributed by atoms with Gasteiger partial charge in [-0.15, -0.1) is 0 Å². The molecule has 0 aliphatic carbocycles. The number of rotatable bonds is 4. The van der Waals surface area contributed by atoms with E-state index in [1.807, 2.05) is 49.4 Å². The van der Waals surface area contributed by atoms with E-state index < -0.39 is 25.5 Å². The van der Waals surface area contributed by atoms with E-state index >= 15 is 0 Å². The molecule has 0 amide bonds. The summed E-state index contributed by atoms with van der Waals surface area (Å²) in [6.07, 6.45) is 0. The van der Waals surface area contributed by atoms with E-state index in [1.54, 1.807) is 6.07 Å². The van der Waals surface area contributed by atoms with E-state index in [2.05, 4.69) is 0 Å². The smallest absolute Gasteiger partial charge is 0.258 e. The highest BCUT2D eigenvalue weighted by Crippen LogP contribution is 2.37. The van der Waals surface area contributed by atoms with Crippen molar-refractivity contribution in [1.29, 1.82) is 0 Å². The molecule has 128 valence electrons. The van der Waals surface area contributed by atoms with Crippen LogP contribution < -0.4 is 5.14 Å². The number of fused-ring (bicyclic) bond motifs is 1. The Labute approximate surface area is 145 Å². The monoisotopic (exact) mass is 356 g/mol. The van der Waals surface area contributed by atoms with E-state index in [0.717, 1.165) is 22.4 Å². The van der Waals surface area contributed by atoms with Gasteiger partial charge in [-0.1, -0.05) is 61.5 Å². The Balaban J connectivity index is 2.27. The Bertz CT molecular complexity index is 1070. The molecule has 0 fully saturated rings. The van der Waals surface area contributed by atoms with Gasteiger partial charge in [0, 0.05) is 11.5 Å². The van der Waals surface area contributed by atoms with Gasteiger partial charge in [0.15, 0.2) is 4.90 Å². The van der Waals surface area contributed by atoms with Crippen LogP contribution in [0.3, 0.4) is 0 Å². The van der Waals surface area contributed by atoms with Crippen molar-refractivity contribution in [2.75, 3.05) is 0 Å². The summed E-state index contributed by atoms with van der Waals surface area (Å²) in [6.45, 7) is 1.82. The van der Waals surface area contributed by atoms with Crippen LogP contribution in [0.15, 0.2) is 65.6 Å². The third-order valence-corrected chi connectivity index (χ3v) is 5.22. The zero-order valence-electron chi connectivity index (χ0n) is 13.4. The minimum atomic E-state index is -4.20. The quantitative estimate of drug-likeness (QED) is 0.570. The average Bonchev–Trinajstić information content (AvgIpc) is 2.59. The predicted octanol–water partition coefficient (Wildman–Crippen LogP) is 3.55. The molecule has 7 heteroatoms. The Kier molecular flexibility index (Phi) is 4.28. The molecule has 2 N–H and O–H groups in total. The molecular formula is C18H16N2O4S. The van der Waals surface area contributed by atoms with Gasteiger partial charge >= 0.3 is 0 Å². The maximum absolute atomic E-state index is 11.8. The summed E-state index contributed by atoms with van der Waals surface area (Å²) < 4.78 is 23.5. The van der Waals surface area contributed by atoms with Crippen molar-refractivity contribution < 1.29 is 13.3 Å². The average molecular weight is 356 g/mol. The molecule has 3 rings (SSSR count). The second-order valence-electron chi connectivity index (χ2n) is 5.79. The van der Waals surface area contributed by atoms with Crippen molar-refractivity contribution in [3.8, 4) is 0 Å². The van der Waals surface area contributed by atoms with Gasteiger partial charge in [-0.2, -0.15) is 0 Å². The molecule has 1 atom stereocenters. The number of hydrogen-bond acceptors (Lipinski definition) is 4. The van der Waals surface area contributed by atoms with E-state index in [-0.39, 0.29) is 5.92 Å². The number of nitrogens with two attached hydrogens (primary N) is 1. The third kappa shape index (κ3) is 3.11. The van der Waals surface area contributed by atoms with Crippen LogP contribution in [0.2, 0.25) is 0 Å². The second kappa shape index (κ2) is 6.27. The maximum Gasteiger partial charge on any atom is 0.293 e. The zero-order valence-corrected chi connectivity index (χ0v) is 14.2. The van der Waals surface area contributed by atoms with Crippen molar-refractivity contribution in [2.24, 2.45) is 5.14 Å². The molecule has 0 aliphatic rings. The summed E-state index contributed by atoms with van der Waals surface area (Å²) in [5.41, 5.74) is 0.728. The van der Waals surface area contributed by atoms with E-state index in [1.165, 1.54) is 6.07 Å². The summed E-state index contributed by atoms with van der Waals surface area (Å²) in [5.74, 6) is -0.381. The molecule has 0 bridgehead atoms. The van der Waals surface area contributed by atoms with Crippen molar-refractivity contribution >= 4 is 26.5 Å². The van der Waals surface area contributed by atoms with Gasteiger partial charge in [-0.05, 0) is 22.4 Å². The lowest BCUT2D eigenvalue weighted by molar-refractivity contribution is -0.388. The van der Waals surface area contributed by atoms with Gasteiger partial charge in [-0.3, -0.25) is 10.1 Å². The van der Waals surface area contributed by atoms with Gasteiger partial charge in [0.25, 0.3) is 5.69 Å². The van der Waals surface area contributed by atoms with Gasteiger partial charge in [0.2, 0.25) is 10.0 Å². The van der Waals surface area contributed by atoms with Crippen LogP contribution in [-0.2, 0) is 10.0 Å². The molecule has 0 saturated heterocycles. The van der Waals surface area contributed by atoms with E-state index in [4.69, 9.17) is 5.14 Å². The predicted molar refractivity (Wildman–Crippen MR) is 95.9 cm³/mol.